The molecule has 2 unspecified atom stereocenters. The van der Waals surface area contributed by atoms with Crippen LogP contribution in [0.1, 0.15) is 46.8 Å². The van der Waals surface area contributed by atoms with Crippen LogP contribution in [0.2, 0.25) is 0 Å². The number of nitrogens with one attached hydrogen (secondary N) is 1. The molecule has 0 bridgehead atoms. The number of aryl methyl sites for hydroxylation is 1. The number of hydrogen-bond donors (Lipinski definition) is 1. The van der Waals surface area contributed by atoms with E-state index in [1.165, 1.54) is 32.4 Å². The van der Waals surface area contributed by atoms with Crippen LogP contribution in [0.15, 0.2) is 54.6 Å². The standard InChI is InChI=1S/C29H32FN3O7S/c1-6-18-17-23-24(26(34)31-3)29(2,20-10-12-21(30)13-11-20)40-27(23)32-25(18)33(41(5,36)37)14-15-39-22-9-7-8-19(16-22)28(35)38-4/h7-13,16-17,24H,6,14-15H2,1-5H3,(H,31,34). The van der Waals surface area contributed by atoms with Crippen molar-refractivity contribution < 1.29 is 36.6 Å². The Hall–Kier alpha value is -4.19. The fraction of sp³-hybridized carbons (Fsp3) is 0.345. The molecule has 1 aromatic heterocycles. The molecule has 2 atom stereocenters. The van der Waals surface area contributed by atoms with Crippen LogP contribution in [0, 0.1) is 5.82 Å². The molecule has 12 heteroatoms. The Kier molecular flexibility index (Phi) is 8.52. The van der Waals surface area contributed by atoms with Gasteiger partial charge in [-0.2, -0.15) is 4.98 Å². The zero-order valence-corrected chi connectivity index (χ0v) is 24.2. The van der Waals surface area contributed by atoms with Crippen LogP contribution < -0.4 is 19.1 Å². The van der Waals surface area contributed by atoms with Crippen LogP contribution in [0.25, 0.3) is 0 Å². The zero-order valence-electron chi connectivity index (χ0n) is 23.4. The van der Waals surface area contributed by atoms with Crippen molar-refractivity contribution in [3.05, 3.63) is 82.7 Å². The highest BCUT2D eigenvalue weighted by Crippen LogP contribution is 2.51. The number of halogens is 1. The van der Waals surface area contributed by atoms with E-state index in [-0.39, 0.29) is 30.8 Å². The highest BCUT2D eigenvalue weighted by atomic mass is 32.2. The molecular formula is C29H32FN3O7S. The van der Waals surface area contributed by atoms with Gasteiger partial charge in [0.05, 0.1) is 25.5 Å². The maximum atomic E-state index is 13.7. The number of pyridine rings is 1. The normalized spacial score (nSPS) is 17.8. The number of methoxy groups -OCH3 is 1. The number of ether oxygens (including phenoxy) is 3. The van der Waals surface area contributed by atoms with Gasteiger partial charge in [0.15, 0.2) is 0 Å². The van der Waals surface area contributed by atoms with Crippen LogP contribution in [0.3, 0.4) is 0 Å². The lowest BCUT2D eigenvalue weighted by molar-refractivity contribution is -0.125. The largest absolute Gasteiger partial charge is 0.492 e. The van der Waals surface area contributed by atoms with Gasteiger partial charge in [-0.25, -0.2) is 17.6 Å². The lowest BCUT2D eigenvalue weighted by Crippen LogP contribution is -2.40. The summed E-state index contributed by atoms with van der Waals surface area (Å²) < 4.78 is 57.5. The Bertz CT molecular complexity index is 1560. The maximum absolute atomic E-state index is 13.7. The third-order valence-electron chi connectivity index (χ3n) is 7.00. The minimum Gasteiger partial charge on any atom is -0.492 e. The molecule has 218 valence electrons. The molecule has 3 aromatic rings. The van der Waals surface area contributed by atoms with Crippen LogP contribution in [0.4, 0.5) is 10.2 Å². The molecule has 4 rings (SSSR count). The molecule has 0 radical (unpaired) electrons. The molecule has 1 aliphatic heterocycles. The first kappa shape index (κ1) is 29.8. The maximum Gasteiger partial charge on any atom is 0.337 e. The molecular weight excluding hydrogens is 553 g/mol. The number of carbonyl (C=O) groups excluding carboxylic acids is 2. The van der Waals surface area contributed by atoms with E-state index >= 15 is 0 Å². The van der Waals surface area contributed by atoms with Crippen molar-refractivity contribution in [3.63, 3.8) is 0 Å². The minimum absolute atomic E-state index is 0.0470. The summed E-state index contributed by atoms with van der Waals surface area (Å²) in [6.07, 6.45) is 1.48. The number of anilines is 1. The number of likely N-dealkylation sites (N-methyl/N-ethyl adjacent to an activating group) is 1. The van der Waals surface area contributed by atoms with E-state index in [4.69, 9.17) is 14.2 Å². The summed E-state index contributed by atoms with van der Waals surface area (Å²) in [6, 6.07) is 13.8. The number of benzene rings is 2. The summed E-state index contributed by atoms with van der Waals surface area (Å²) in [6.45, 7) is 3.44. The lowest BCUT2D eigenvalue weighted by Gasteiger charge is -2.30. The summed E-state index contributed by atoms with van der Waals surface area (Å²) in [5.74, 6) is -1.47. The van der Waals surface area contributed by atoms with Crippen molar-refractivity contribution in [1.82, 2.24) is 10.3 Å². The third kappa shape index (κ3) is 5.97. The van der Waals surface area contributed by atoms with Crippen molar-refractivity contribution in [2.24, 2.45) is 0 Å². The quantitative estimate of drug-likeness (QED) is 0.359. The molecule has 0 aliphatic carbocycles. The molecule has 2 aromatic carbocycles. The summed E-state index contributed by atoms with van der Waals surface area (Å²) in [7, 11) is -1.04. The van der Waals surface area contributed by atoms with E-state index in [1.54, 1.807) is 43.3 Å². The van der Waals surface area contributed by atoms with Crippen molar-refractivity contribution in [2.75, 3.05) is 37.9 Å². The van der Waals surface area contributed by atoms with Gasteiger partial charge >= 0.3 is 5.97 Å². The first-order chi connectivity index (χ1) is 19.4. The number of amides is 1. The third-order valence-corrected chi connectivity index (χ3v) is 8.16. The number of rotatable bonds is 10. The number of hydrogen-bond acceptors (Lipinski definition) is 8. The van der Waals surface area contributed by atoms with Crippen molar-refractivity contribution in [3.8, 4) is 11.6 Å². The number of nitrogens with zero attached hydrogens (tertiary/aromatic N) is 2. The van der Waals surface area contributed by atoms with Gasteiger partial charge in [0, 0.05) is 12.6 Å². The Labute approximate surface area is 238 Å². The summed E-state index contributed by atoms with van der Waals surface area (Å²) >= 11 is 0. The number of aromatic nitrogens is 1. The smallest absolute Gasteiger partial charge is 0.337 e. The first-order valence-electron chi connectivity index (χ1n) is 12.9. The molecule has 0 saturated heterocycles. The van der Waals surface area contributed by atoms with E-state index in [0.29, 0.717) is 34.4 Å². The van der Waals surface area contributed by atoms with E-state index in [2.05, 4.69) is 10.3 Å². The molecule has 10 nitrogen and oxygen atoms in total. The van der Waals surface area contributed by atoms with Gasteiger partial charge in [-0.1, -0.05) is 25.1 Å². The van der Waals surface area contributed by atoms with E-state index in [1.807, 2.05) is 6.92 Å². The number of sulfonamides is 1. The SMILES string of the molecule is CCc1cc2c(nc1N(CCOc1cccc(C(=O)OC)c1)S(C)(=O)=O)OC(C)(c1ccc(F)cc1)C2C(=O)NC. The molecule has 2 heterocycles. The van der Waals surface area contributed by atoms with Crippen LogP contribution >= 0.6 is 0 Å². The average Bonchev–Trinajstić information content (AvgIpc) is 3.25. The zero-order chi connectivity index (χ0) is 29.9. The van der Waals surface area contributed by atoms with Crippen molar-refractivity contribution >= 4 is 27.7 Å². The molecule has 41 heavy (non-hydrogen) atoms. The fourth-order valence-corrected chi connectivity index (χ4v) is 5.79. The van der Waals surface area contributed by atoms with Gasteiger partial charge < -0.3 is 19.5 Å². The van der Waals surface area contributed by atoms with Gasteiger partial charge in [0.25, 0.3) is 0 Å². The second-order valence-electron chi connectivity index (χ2n) is 9.69. The van der Waals surface area contributed by atoms with Crippen LogP contribution in [0.5, 0.6) is 11.6 Å². The summed E-state index contributed by atoms with van der Waals surface area (Å²) in [5.41, 5.74) is 0.721. The van der Waals surface area contributed by atoms with Crippen molar-refractivity contribution in [2.45, 2.75) is 31.8 Å². The Morgan fingerprint density at radius 2 is 1.88 bits per heavy atom. The van der Waals surface area contributed by atoms with Crippen LogP contribution in [-0.4, -0.2) is 58.8 Å². The van der Waals surface area contributed by atoms with Crippen molar-refractivity contribution in [1.29, 1.82) is 0 Å². The van der Waals surface area contributed by atoms with E-state index < -0.39 is 33.3 Å². The molecule has 0 fully saturated rings. The predicted molar refractivity (Wildman–Crippen MR) is 150 cm³/mol. The second kappa shape index (κ2) is 11.7. The second-order valence-corrected chi connectivity index (χ2v) is 11.6. The van der Waals surface area contributed by atoms with Gasteiger partial charge in [-0.05, 0) is 60.9 Å². The lowest BCUT2D eigenvalue weighted by atomic mass is 9.80. The van der Waals surface area contributed by atoms with E-state index in [0.717, 1.165) is 10.6 Å². The highest BCUT2D eigenvalue weighted by Gasteiger charge is 2.51. The highest BCUT2D eigenvalue weighted by molar-refractivity contribution is 7.92. The Morgan fingerprint density at radius 1 is 1.17 bits per heavy atom. The number of fused-ring (bicyclic) bond motifs is 1. The predicted octanol–water partition coefficient (Wildman–Crippen LogP) is 3.55. The molecule has 1 amide bonds. The van der Waals surface area contributed by atoms with Gasteiger partial charge in [0.1, 0.15) is 35.5 Å². The van der Waals surface area contributed by atoms with Gasteiger partial charge in [-0.15, -0.1) is 0 Å². The molecule has 0 spiro atoms. The molecule has 1 N–H and O–H groups in total. The molecule has 0 saturated carbocycles. The topological polar surface area (TPSA) is 124 Å². The van der Waals surface area contributed by atoms with Gasteiger partial charge in [0.2, 0.25) is 21.8 Å². The minimum atomic E-state index is -3.83. The van der Waals surface area contributed by atoms with E-state index in [9.17, 15) is 22.4 Å². The number of carbonyl (C=O) groups is 2. The summed E-state index contributed by atoms with van der Waals surface area (Å²) in [4.78, 5) is 29.6. The molecule has 1 aliphatic rings. The fourth-order valence-electron chi connectivity index (χ4n) is 4.92. The summed E-state index contributed by atoms with van der Waals surface area (Å²) in [5, 5.41) is 2.67. The Morgan fingerprint density at radius 3 is 2.49 bits per heavy atom. The van der Waals surface area contributed by atoms with Crippen LogP contribution in [-0.2, 0) is 31.6 Å². The first-order valence-corrected chi connectivity index (χ1v) is 14.8. The number of esters is 1. The van der Waals surface area contributed by atoms with Gasteiger partial charge in [-0.3, -0.25) is 9.10 Å². The Balaban J connectivity index is 1.69. The average molecular weight is 586 g/mol. The monoisotopic (exact) mass is 585 g/mol.